The minimum absolute atomic E-state index is 0.268. The van der Waals surface area contributed by atoms with Gasteiger partial charge in [-0.05, 0) is 31.2 Å². The molecule has 0 saturated heterocycles. The van der Waals surface area contributed by atoms with E-state index in [0.29, 0.717) is 23.6 Å². The standard InChI is InChI=1S/C14H16F3N3O/c1-3-11-19-12(13(18)20(11)4-2)9-5-7-10(8-6-9)21-14(15,16)17/h5-8H,3-4,18H2,1-2H3. The van der Waals surface area contributed by atoms with Crippen molar-refractivity contribution in [2.24, 2.45) is 0 Å². The molecule has 0 saturated carbocycles. The predicted octanol–water partition coefficient (Wildman–Crippen LogP) is 3.61. The van der Waals surface area contributed by atoms with Gasteiger partial charge in [0.05, 0.1) is 0 Å². The van der Waals surface area contributed by atoms with Crippen molar-refractivity contribution in [2.75, 3.05) is 5.73 Å². The number of imidazole rings is 1. The predicted molar refractivity (Wildman–Crippen MR) is 73.8 cm³/mol. The monoisotopic (exact) mass is 299 g/mol. The molecule has 0 aliphatic rings. The smallest absolute Gasteiger partial charge is 0.406 e. The fourth-order valence-electron chi connectivity index (χ4n) is 2.16. The second-order valence-corrected chi connectivity index (χ2v) is 4.43. The highest BCUT2D eigenvalue weighted by Gasteiger charge is 2.31. The maximum Gasteiger partial charge on any atom is 0.573 e. The maximum atomic E-state index is 12.1. The number of aromatic nitrogens is 2. The van der Waals surface area contributed by atoms with Crippen molar-refractivity contribution in [2.45, 2.75) is 33.2 Å². The van der Waals surface area contributed by atoms with Gasteiger partial charge in [0.2, 0.25) is 0 Å². The molecule has 4 nitrogen and oxygen atoms in total. The van der Waals surface area contributed by atoms with Crippen LogP contribution < -0.4 is 10.5 Å². The summed E-state index contributed by atoms with van der Waals surface area (Å²) >= 11 is 0. The Bertz CT molecular complexity index is 618. The van der Waals surface area contributed by atoms with Crippen LogP contribution in [0.4, 0.5) is 19.0 Å². The summed E-state index contributed by atoms with van der Waals surface area (Å²) in [5.41, 5.74) is 7.28. The second kappa shape index (κ2) is 5.67. The van der Waals surface area contributed by atoms with Crippen LogP contribution in [0.1, 0.15) is 19.7 Å². The van der Waals surface area contributed by atoms with Crippen LogP contribution in [0.3, 0.4) is 0 Å². The van der Waals surface area contributed by atoms with Crippen LogP contribution in [0.2, 0.25) is 0 Å². The molecule has 0 atom stereocenters. The number of aryl methyl sites for hydroxylation is 1. The molecule has 0 unspecified atom stereocenters. The van der Waals surface area contributed by atoms with E-state index < -0.39 is 6.36 Å². The molecular formula is C14H16F3N3O. The summed E-state index contributed by atoms with van der Waals surface area (Å²) in [5.74, 6) is 1.09. The lowest BCUT2D eigenvalue weighted by atomic mass is 10.1. The molecule has 0 aliphatic heterocycles. The topological polar surface area (TPSA) is 53.1 Å². The molecule has 1 aromatic carbocycles. The van der Waals surface area contributed by atoms with Gasteiger partial charge in [-0.3, -0.25) is 0 Å². The van der Waals surface area contributed by atoms with Gasteiger partial charge < -0.3 is 15.0 Å². The highest BCUT2D eigenvalue weighted by atomic mass is 19.4. The highest BCUT2D eigenvalue weighted by Crippen LogP contribution is 2.29. The number of benzene rings is 1. The first-order valence-corrected chi connectivity index (χ1v) is 6.56. The van der Waals surface area contributed by atoms with Crippen molar-refractivity contribution >= 4 is 5.82 Å². The summed E-state index contributed by atoms with van der Waals surface area (Å²) in [7, 11) is 0. The van der Waals surface area contributed by atoms with E-state index in [9.17, 15) is 13.2 Å². The molecular weight excluding hydrogens is 283 g/mol. The van der Waals surface area contributed by atoms with Crippen molar-refractivity contribution in [1.29, 1.82) is 0 Å². The number of ether oxygens (including phenoxy) is 1. The number of hydrogen-bond acceptors (Lipinski definition) is 3. The van der Waals surface area contributed by atoms with E-state index in [4.69, 9.17) is 5.73 Å². The first-order chi connectivity index (χ1) is 9.85. The van der Waals surface area contributed by atoms with Gasteiger partial charge in [-0.25, -0.2) is 4.98 Å². The lowest BCUT2D eigenvalue weighted by Gasteiger charge is -2.09. The Morgan fingerprint density at radius 3 is 2.24 bits per heavy atom. The van der Waals surface area contributed by atoms with Gasteiger partial charge in [0, 0.05) is 18.5 Å². The van der Waals surface area contributed by atoms with Gasteiger partial charge in [0.1, 0.15) is 23.1 Å². The summed E-state index contributed by atoms with van der Waals surface area (Å²) < 4.78 is 42.1. The normalized spacial score (nSPS) is 11.7. The van der Waals surface area contributed by atoms with Gasteiger partial charge in [0.15, 0.2) is 0 Å². The fourth-order valence-corrected chi connectivity index (χ4v) is 2.16. The first kappa shape index (κ1) is 15.2. The molecule has 0 radical (unpaired) electrons. The van der Waals surface area contributed by atoms with E-state index in [1.54, 1.807) is 0 Å². The largest absolute Gasteiger partial charge is 0.573 e. The Balaban J connectivity index is 2.33. The van der Waals surface area contributed by atoms with Crippen molar-refractivity contribution in [3.63, 3.8) is 0 Å². The van der Waals surface area contributed by atoms with Crippen LogP contribution in [0.25, 0.3) is 11.3 Å². The molecule has 0 fully saturated rings. The third kappa shape index (κ3) is 3.29. The molecule has 114 valence electrons. The zero-order chi connectivity index (χ0) is 15.6. The van der Waals surface area contributed by atoms with Crippen LogP contribution in [-0.4, -0.2) is 15.9 Å². The third-order valence-electron chi connectivity index (χ3n) is 3.08. The Hall–Kier alpha value is -2.18. The Morgan fingerprint density at radius 2 is 1.81 bits per heavy atom. The van der Waals surface area contributed by atoms with E-state index >= 15 is 0 Å². The molecule has 0 aliphatic carbocycles. The Kier molecular flexibility index (Phi) is 4.11. The van der Waals surface area contributed by atoms with Crippen molar-refractivity contribution < 1.29 is 17.9 Å². The van der Waals surface area contributed by atoms with Gasteiger partial charge in [-0.1, -0.05) is 6.92 Å². The van der Waals surface area contributed by atoms with E-state index in [-0.39, 0.29) is 5.75 Å². The molecule has 0 spiro atoms. The lowest BCUT2D eigenvalue weighted by molar-refractivity contribution is -0.274. The average molecular weight is 299 g/mol. The zero-order valence-electron chi connectivity index (χ0n) is 11.7. The quantitative estimate of drug-likeness (QED) is 0.938. The number of anilines is 1. The van der Waals surface area contributed by atoms with Crippen LogP contribution in [-0.2, 0) is 13.0 Å². The molecule has 21 heavy (non-hydrogen) atoms. The lowest BCUT2D eigenvalue weighted by Crippen LogP contribution is -2.16. The van der Waals surface area contributed by atoms with Crippen LogP contribution in [0, 0.1) is 0 Å². The Morgan fingerprint density at radius 1 is 1.19 bits per heavy atom. The molecule has 0 bridgehead atoms. The molecule has 1 aromatic heterocycles. The molecule has 7 heteroatoms. The molecule has 0 amide bonds. The first-order valence-electron chi connectivity index (χ1n) is 6.56. The van der Waals surface area contributed by atoms with Gasteiger partial charge in [-0.15, -0.1) is 13.2 Å². The minimum Gasteiger partial charge on any atom is -0.406 e. The zero-order valence-corrected chi connectivity index (χ0v) is 11.7. The average Bonchev–Trinajstić information content (AvgIpc) is 2.74. The van der Waals surface area contributed by atoms with Crippen LogP contribution in [0.5, 0.6) is 5.75 Å². The molecule has 2 N–H and O–H groups in total. The minimum atomic E-state index is -4.69. The summed E-state index contributed by atoms with van der Waals surface area (Å²) in [5, 5.41) is 0. The number of hydrogen-bond donors (Lipinski definition) is 1. The molecule has 2 aromatic rings. The van der Waals surface area contributed by atoms with Crippen molar-refractivity contribution in [3.05, 3.63) is 30.1 Å². The summed E-state index contributed by atoms with van der Waals surface area (Å²) in [6.07, 6.45) is -3.97. The number of nitrogens with zero attached hydrogens (tertiary/aromatic N) is 2. The van der Waals surface area contributed by atoms with Crippen LogP contribution >= 0.6 is 0 Å². The Labute approximate surface area is 120 Å². The van der Waals surface area contributed by atoms with Gasteiger partial charge in [0.25, 0.3) is 0 Å². The summed E-state index contributed by atoms with van der Waals surface area (Å²) in [6, 6.07) is 5.52. The third-order valence-corrected chi connectivity index (χ3v) is 3.08. The number of halogens is 3. The fraction of sp³-hybridized carbons (Fsp3) is 0.357. The summed E-state index contributed by atoms with van der Waals surface area (Å²) in [6.45, 7) is 4.62. The van der Waals surface area contributed by atoms with Crippen LogP contribution in [0.15, 0.2) is 24.3 Å². The van der Waals surface area contributed by atoms with E-state index in [2.05, 4.69) is 9.72 Å². The number of rotatable bonds is 4. The number of nitrogen functional groups attached to an aromatic ring is 1. The van der Waals surface area contributed by atoms with E-state index in [1.807, 2.05) is 18.4 Å². The SMILES string of the molecule is CCc1nc(-c2ccc(OC(F)(F)F)cc2)c(N)n1CC. The van der Waals surface area contributed by atoms with Crippen molar-refractivity contribution in [1.82, 2.24) is 9.55 Å². The maximum absolute atomic E-state index is 12.1. The van der Waals surface area contributed by atoms with Gasteiger partial charge in [-0.2, -0.15) is 0 Å². The molecule has 1 heterocycles. The summed E-state index contributed by atoms with van der Waals surface area (Å²) in [4.78, 5) is 4.45. The van der Waals surface area contributed by atoms with E-state index in [1.165, 1.54) is 24.3 Å². The van der Waals surface area contributed by atoms with E-state index in [0.717, 1.165) is 12.2 Å². The van der Waals surface area contributed by atoms with Crippen molar-refractivity contribution in [3.8, 4) is 17.0 Å². The highest BCUT2D eigenvalue weighted by molar-refractivity contribution is 5.71. The number of alkyl halides is 3. The molecule has 2 rings (SSSR count). The number of nitrogens with two attached hydrogens (primary N) is 1. The van der Waals surface area contributed by atoms with Gasteiger partial charge >= 0.3 is 6.36 Å². The second-order valence-electron chi connectivity index (χ2n) is 4.43.